The summed E-state index contributed by atoms with van der Waals surface area (Å²) in [7, 11) is 1.66. The zero-order chi connectivity index (χ0) is 13.0. The van der Waals surface area contributed by atoms with Gasteiger partial charge in [0.15, 0.2) is 0 Å². The monoisotopic (exact) mass is 248 g/mol. The predicted octanol–water partition coefficient (Wildman–Crippen LogP) is 1.62. The standard InChI is InChI=1S/C14H20N2O2/c1-10(12-5-3-4-6-13(12)18-2)15-9-14(17)16-11-7-8-11/h3-6,10-11,15H,7-9H2,1-2H3,(H,16,17)/t10-/m1/s1. The number of hydrogen-bond acceptors (Lipinski definition) is 3. The van der Waals surface area contributed by atoms with Gasteiger partial charge in [-0.25, -0.2) is 0 Å². The van der Waals surface area contributed by atoms with Crippen LogP contribution in [0.5, 0.6) is 5.75 Å². The number of benzene rings is 1. The highest BCUT2D eigenvalue weighted by Gasteiger charge is 2.23. The minimum Gasteiger partial charge on any atom is -0.496 e. The summed E-state index contributed by atoms with van der Waals surface area (Å²) in [5, 5.41) is 6.17. The van der Waals surface area contributed by atoms with Crippen molar-refractivity contribution in [1.82, 2.24) is 10.6 Å². The highest BCUT2D eigenvalue weighted by atomic mass is 16.5. The highest BCUT2D eigenvalue weighted by Crippen LogP contribution is 2.24. The molecule has 0 saturated heterocycles. The molecule has 2 rings (SSSR count). The van der Waals surface area contributed by atoms with Crippen LogP contribution in [0.4, 0.5) is 0 Å². The van der Waals surface area contributed by atoms with Crippen LogP contribution in [-0.4, -0.2) is 25.6 Å². The fourth-order valence-electron chi connectivity index (χ4n) is 1.89. The van der Waals surface area contributed by atoms with Crippen molar-refractivity contribution in [2.75, 3.05) is 13.7 Å². The van der Waals surface area contributed by atoms with E-state index in [2.05, 4.69) is 10.6 Å². The molecule has 1 fully saturated rings. The zero-order valence-electron chi connectivity index (χ0n) is 10.9. The molecular weight excluding hydrogens is 228 g/mol. The Kier molecular flexibility index (Phi) is 4.20. The van der Waals surface area contributed by atoms with E-state index in [9.17, 15) is 4.79 Å². The lowest BCUT2D eigenvalue weighted by molar-refractivity contribution is -0.120. The Bertz CT molecular complexity index is 416. The van der Waals surface area contributed by atoms with Gasteiger partial charge in [0, 0.05) is 17.6 Å². The average Bonchev–Trinajstić information content (AvgIpc) is 3.19. The Balaban J connectivity index is 1.86. The molecule has 1 saturated carbocycles. The zero-order valence-corrected chi connectivity index (χ0v) is 10.9. The first-order chi connectivity index (χ1) is 8.70. The number of carbonyl (C=O) groups excluding carboxylic acids is 1. The summed E-state index contributed by atoms with van der Waals surface area (Å²) >= 11 is 0. The van der Waals surface area contributed by atoms with Crippen molar-refractivity contribution in [3.05, 3.63) is 29.8 Å². The van der Waals surface area contributed by atoms with Crippen LogP contribution in [0.25, 0.3) is 0 Å². The van der Waals surface area contributed by atoms with Crippen molar-refractivity contribution >= 4 is 5.91 Å². The molecule has 0 heterocycles. The van der Waals surface area contributed by atoms with Gasteiger partial charge in [0.05, 0.1) is 13.7 Å². The first-order valence-corrected chi connectivity index (χ1v) is 6.36. The number of methoxy groups -OCH3 is 1. The fraction of sp³-hybridized carbons (Fsp3) is 0.500. The van der Waals surface area contributed by atoms with E-state index in [1.807, 2.05) is 31.2 Å². The number of ether oxygens (including phenoxy) is 1. The van der Waals surface area contributed by atoms with E-state index >= 15 is 0 Å². The number of amides is 1. The summed E-state index contributed by atoms with van der Waals surface area (Å²) in [5.74, 6) is 0.916. The van der Waals surface area contributed by atoms with Gasteiger partial charge in [-0.1, -0.05) is 18.2 Å². The van der Waals surface area contributed by atoms with Crippen molar-refractivity contribution in [2.45, 2.75) is 31.8 Å². The van der Waals surface area contributed by atoms with Gasteiger partial charge in [-0.15, -0.1) is 0 Å². The molecule has 1 aliphatic carbocycles. The largest absolute Gasteiger partial charge is 0.496 e. The summed E-state index contributed by atoms with van der Waals surface area (Å²) in [6, 6.07) is 8.36. The van der Waals surface area contributed by atoms with Crippen LogP contribution in [0.2, 0.25) is 0 Å². The van der Waals surface area contributed by atoms with Crippen LogP contribution < -0.4 is 15.4 Å². The van der Waals surface area contributed by atoms with Crippen LogP contribution >= 0.6 is 0 Å². The molecule has 1 amide bonds. The molecule has 0 aromatic heterocycles. The summed E-state index contributed by atoms with van der Waals surface area (Å²) in [6.45, 7) is 2.37. The SMILES string of the molecule is COc1ccccc1[C@@H](C)NCC(=O)NC1CC1. The molecule has 4 nitrogen and oxygen atoms in total. The van der Waals surface area contributed by atoms with Crippen LogP contribution in [0, 0.1) is 0 Å². The maximum atomic E-state index is 11.6. The smallest absolute Gasteiger partial charge is 0.234 e. The van der Waals surface area contributed by atoms with E-state index in [4.69, 9.17) is 4.74 Å². The molecule has 4 heteroatoms. The lowest BCUT2D eigenvalue weighted by Gasteiger charge is -2.17. The fourth-order valence-corrected chi connectivity index (χ4v) is 1.89. The molecular formula is C14H20N2O2. The van der Waals surface area contributed by atoms with E-state index in [0.717, 1.165) is 24.2 Å². The van der Waals surface area contributed by atoms with Gasteiger partial charge >= 0.3 is 0 Å². The minimum absolute atomic E-state index is 0.0687. The highest BCUT2D eigenvalue weighted by molar-refractivity contribution is 5.78. The van der Waals surface area contributed by atoms with Gasteiger partial charge in [-0.3, -0.25) is 4.79 Å². The molecule has 98 valence electrons. The van der Waals surface area contributed by atoms with Crippen LogP contribution in [-0.2, 0) is 4.79 Å². The molecule has 1 atom stereocenters. The summed E-state index contributed by atoms with van der Waals surface area (Å²) in [4.78, 5) is 11.6. The second-order valence-electron chi connectivity index (χ2n) is 4.69. The number of para-hydroxylation sites is 1. The second-order valence-corrected chi connectivity index (χ2v) is 4.69. The average molecular weight is 248 g/mol. The third-order valence-electron chi connectivity index (χ3n) is 3.12. The molecule has 0 unspecified atom stereocenters. The van der Waals surface area contributed by atoms with E-state index < -0.39 is 0 Å². The van der Waals surface area contributed by atoms with E-state index in [1.54, 1.807) is 7.11 Å². The lowest BCUT2D eigenvalue weighted by atomic mass is 10.1. The van der Waals surface area contributed by atoms with Crippen molar-refractivity contribution in [3.8, 4) is 5.75 Å². The molecule has 0 radical (unpaired) electrons. The maximum Gasteiger partial charge on any atom is 0.234 e. The Labute approximate surface area is 108 Å². The molecule has 1 aromatic carbocycles. The van der Waals surface area contributed by atoms with E-state index in [-0.39, 0.29) is 11.9 Å². The Morgan fingerprint density at radius 2 is 2.17 bits per heavy atom. The lowest BCUT2D eigenvalue weighted by Crippen LogP contribution is -2.36. The molecule has 1 aromatic rings. The van der Waals surface area contributed by atoms with Gasteiger partial charge in [-0.2, -0.15) is 0 Å². The molecule has 0 spiro atoms. The van der Waals surface area contributed by atoms with Crippen molar-refractivity contribution < 1.29 is 9.53 Å². The first kappa shape index (κ1) is 12.9. The summed E-state index contributed by atoms with van der Waals surface area (Å²) in [6.07, 6.45) is 2.24. The summed E-state index contributed by atoms with van der Waals surface area (Å²) in [5.41, 5.74) is 1.07. The number of hydrogen-bond donors (Lipinski definition) is 2. The minimum atomic E-state index is 0.0687. The van der Waals surface area contributed by atoms with Crippen LogP contribution in [0.15, 0.2) is 24.3 Å². The Morgan fingerprint density at radius 1 is 1.44 bits per heavy atom. The van der Waals surface area contributed by atoms with Crippen LogP contribution in [0.1, 0.15) is 31.4 Å². The Morgan fingerprint density at radius 3 is 2.83 bits per heavy atom. The second kappa shape index (κ2) is 5.87. The van der Waals surface area contributed by atoms with E-state index in [1.165, 1.54) is 0 Å². The van der Waals surface area contributed by atoms with Crippen molar-refractivity contribution in [3.63, 3.8) is 0 Å². The number of carbonyl (C=O) groups is 1. The molecule has 2 N–H and O–H groups in total. The quantitative estimate of drug-likeness (QED) is 0.804. The third kappa shape index (κ3) is 3.47. The maximum absolute atomic E-state index is 11.6. The molecule has 0 aliphatic heterocycles. The van der Waals surface area contributed by atoms with Gasteiger partial charge in [0.1, 0.15) is 5.75 Å². The van der Waals surface area contributed by atoms with Crippen molar-refractivity contribution in [1.29, 1.82) is 0 Å². The first-order valence-electron chi connectivity index (χ1n) is 6.36. The van der Waals surface area contributed by atoms with Gasteiger partial charge in [-0.05, 0) is 25.8 Å². The molecule has 0 bridgehead atoms. The predicted molar refractivity (Wildman–Crippen MR) is 70.6 cm³/mol. The normalized spacial score (nSPS) is 16.1. The Hall–Kier alpha value is -1.55. The molecule has 1 aliphatic rings. The van der Waals surface area contributed by atoms with E-state index in [0.29, 0.717) is 12.6 Å². The number of rotatable bonds is 6. The van der Waals surface area contributed by atoms with Crippen molar-refractivity contribution in [2.24, 2.45) is 0 Å². The topological polar surface area (TPSA) is 50.4 Å². The van der Waals surface area contributed by atoms with Crippen LogP contribution in [0.3, 0.4) is 0 Å². The van der Waals surface area contributed by atoms with Gasteiger partial charge < -0.3 is 15.4 Å². The summed E-state index contributed by atoms with van der Waals surface area (Å²) < 4.78 is 5.31. The molecule has 18 heavy (non-hydrogen) atoms. The van der Waals surface area contributed by atoms with Gasteiger partial charge in [0.25, 0.3) is 0 Å². The number of nitrogens with one attached hydrogen (secondary N) is 2. The van der Waals surface area contributed by atoms with Gasteiger partial charge in [0.2, 0.25) is 5.91 Å². The third-order valence-corrected chi connectivity index (χ3v) is 3.12.